The van der Waals surface area contributed by atoms with Crippen molar-refractivity contribution in [3.05, 3.63) is 129 Å². The zero-order chi connectivity index (χ0) is 29.6. The first-order chi connectivity index (χ1) is 21.1. The maximum atomic E-state index is 6.86. The van der Waals surface area contributed by atoms with E-state index in [0.29, 0.717) is 37.6 Å². The number of ether oxygens (including phenoxy) is 4. The van der Waals surface area contributed by atoms with E-state index in [4.69, 9.17) is 18.9 Å². The van der Waals surface area contributed by atoms with Gasteiger partial charge >= 0.3 is 0 Å². The Morgan fingerprint density at radius 2 is 1.40 bits per heavy atom. The molecule has 4 nitrogen and oxygen atoms in total. The smallest absolute Gasteiger partial charge is 0.161 e. The SMILES string of the molecule is CC[C@H]1S[C@@H](c2ccc(Br)c(Cc3ccc4c(c3)OCCO4)c2)[C@H](OCc2ccccc2)[C@@H](OCc2ccccc2)[C@@H]1C. The first-order valence-electron chi connectivity index (χ1n) is 15.2. The van der Waals surface area contributed by atoms with Gasteiger partial charge < -0.3 is 18.9 Å². The maximum Gasteiger partial charge on any atom is 0.161 e. The average Bonchev–Trinajstić information content (AvgIpc) is 3.05. The molecule has 2 aliphatic heterocycles. The van der Waals surface area contributed by atoms with Gasteiger partial charge in [0.1, 0.15) is 19.3 Å². The largest absolute Gasteiger partial charge is 0.486 e. The Bertz CT molecular complexity index is 1480. The van der Waals surface area contributed by atoms with Crippen LogP contribution < -0.4 is 9.47 Å². The number of hydrogen-bond donors (Lipinski definition) is 0. The van der Waals surface area contributed by atoms with E-state index >= 15 is 0 Å². The third-order valence-corrected chi connectivity index (χ3v) is 11.1. The molecule has 0 amide bonds. The molecule has 2 aliphatic rings. The van der Waals surface area contributed by atoms with E-state index in [1.54, 1.807) is 0 Å². The molecule has 0 N–H and O–H groups in total. The molecule has 0 spiro atoms. The van der Waals surface area contributed by atoms with Gasteiger partial charge in [-0.1, -0.05) is 109 Å². The van der Waals surface area contributed by atoms with Crippen LogP contribution in [0.15, 0.2) is 102 Å². The lowest BCUT2D eigenvalue weighted by molar-refractivity contribution is -0.112. The fraction of sp³-hybridized carbons (Fsp3) is 0.351. The van der Waals surface area contributed by atoms with E-state index in [2.05, 4.69) is 109 Å². The Balaban J connectivity index is 1.30. The Labute approximate surface area is 268 Å². The highest BCUT2D eigenvalue weighted by atomic mass is 79.9. The van der Waals surface area contributed by atoms with E-state index in [9.17, 15) is 0 Å². The first kappa shape index (κ1) is 30.3. The van der Waals surface area contributed by atoms with Gasteiger partial charge in [0.15, 0.2) is 11.5 Å². The molecule has 4 aromatic carbocycles. The van der Waals surface area contributed by atoms with E-state index < -0.39 is 0 Å². The molecule has 0 aromatic heterocycles. The topological polar surface area (TPSA) is 36.9 Å². The van der Waals surface area contributed by atoms with Gasteiger partial charge in [-0.2, -0.15) is 0 Å². The van der Waals surface area contributed by atoms with Crippen molar-refractivity contribution in [2.45, 2.75) is 62.6 Å². The van der Waals surface area contributed by atoms with Crippen molar-refractivity contribution in [1.82, 2.24) is 0 Å². The Hall–Kier alpha value is -2.77. The van der Waals surface area contributed by atoms with E-state index in [1.165, 1.54) is 27.8 Å². The van der Waals surface area contributed by atoms with Gasteiger partial charge in [0.2, 0.25) is 0 Å². The molecule has 2 heterocycles. The van der Waals surface area contributed by atoms with Gasteiger partial charge in [-0.05, 0) is 64.8 Å². The molecule has 4 aromatic rings. The number of thioether (sulfide) groups is 1. The van der Waals surface area contributed by atoms with Crippen molar-refractivity contribution >= 4 is 27.7 Å². The van der Waals surface area contributed by atoms with Crippen LogP contribution in [0.2, 0.25) is 0 Å². The van der Waals surface area contributed by atoms with Gasteiger partial charge in [0, 0.05) is 9.72 Å². The summed E-state index contributed by atoms with van der Waals surface area (Å²) in [5.74, 6) is 2.00. The monoisotopic (exact) mass is 658 g/mol. The molecule has 0 aliphatic carbocycles. The van der Waals surface area contributed by atoms with E-state index in [1.807, 2.05) is 30.0 Å². The molecule has 0 saturated carbocycles. The fourth-order valence-corrected chi connectivity index (χ4v) is 8.15. The second-order valence-electron chi connectivity index (χ2n) is 11.4. The number of fused-ring (bicyclic) bond motifs is 1. The molecule has 1 fully saturated rings. The van der Waals surface area contributed by atoms with Crippen molar-refractivity contribution in [2.75, 3.05) is 13.2 Å². The maximum absolute atomic E-state index is 6.86. The van der Waals surface area contributed by atoms with Gasteiger partial charge in [-0.3, -0.25) is 0 Å². The number of halogens is 1. The van der Waals surface area contributed by atoms with Gasteiger partial charge in [0.05, 0.1) is 24.6 Å². The predicted octanol–water partition coefficient (Wildman–Crippen LogP) is 9.18. The molecule has 0 bridgehead atoms. The van der Waals surface area contributed by atoms with Crippen LogP contribution >= 0.6 is 27.7 Å². The highest BCUT2D eigenvalue weighted by molar-refractivity contribution is 9.10. The average molecular weight is 660 g/mol. The summed E-state index contributed by atoms with van der Waals surface area (Å²) in [6, 6.07) is 34.0. The standard InChI is InChI=1S/C37H39BrO4S/c1-3-34-25(2)35(41-23-26-10-6-4-7-11-26)36(42-24-27-12-8-5-9-13-27)37(43-34)29-15-16-31(38)30(22-29)20-28-14-17-32-33(21-28)40-19-18-39-32/h4-17,21-22,25,34-37H,3,18-20,23-24H2,1-2H3/t25-,34-,35+,36-,37+/m1/s1. The summed E-state index contributed by atoms with van der Waals surface area (Å²) >= 11 is 5.89. The van der Waals surface area contributed by atoms with Crippen molar-refractivity contribution in [1.29, 1.82) is 0 Å². The van der Waals surface area contributed by atoms with E-state index in [0.717, 1.165) is 28.8 Å². The third-order valence-electron chi connectivity index (χ3n) is 8.42. The van der Waals surface area contributed by atoms with Crippen LogP contribution in [0, 0.1) is 5.92 Å². The lowest BCUT2D eigenvalue weighted by Gasteiger charge is -2.45. The minimum atomic E-state index is -0.102. The van der Waals surface area contributed by atoms with Gasteiger partial charge in [-0.25, -0.2) is 0 Å². The highest BCUT2D eigenvalue weighted by Gasteiger charge is 2.45. The normalized spacial score (nSPS) is 23.2. The lowest BCUT2D eigenvalue weighted by Crippen LogP contribution is -2.48. The summed E-state index contributed by atoms with van der Waals surface area (Å²) in [6.07, 6.45) is 1.74. The van der Waals surface area contributed by atoms with Crippen LogP contribution in [0.4, 0.5) is 0 Å². The summed E-state index contributed by atoms with van der Waals surface area (Å²) in [4.78, 5) is 0. The minimum absolute atomic E-state index is 0.0370. The number of hydrogen-bond acceptors (Lipinski definition) is 5. The summed E-state index contributed by atoms with van der Waals surface area (Å²) in [6.45, 7) is 6.94. The molecule has 5 atom stereocenters. The summed E-state index contributed by atoms with van der Waals surface area (Å²) in [5.41, 5.74) is 6.07. The zero-order valence-corrected chi connectivity index (χ0v) is 27.2. The fourth-order valence-electron chi connectivity index (χ4n) is 6.10. The predicted molar refractivity (Wildman–Crippen MR) is 178 cm³/mol. The summed E-state index contributed by atoms with van der Waals surface area (Å²) in [5, 5.41) is 0.602. The molecular weight excluding hydrogens is 620 g/mol. The van der Waals surface area contributed by atoms with Crippen LogP contribution in [0.3, 0.4) is 0 Å². The Morgan fingerprint density at radius 3 is 2.07 bits per heavy atom. The molecule has 43 heavy (non-hydrogen) atoms. The third kappa shape index (κ3) is 7.31. The molecule has 6 heteroatoms. The van der Waals surface area contributed by atoms with Crippen LogP contribution in [0.1, 0.15) is 53.3 Å². The van der Waals surface area contributed by atoms with Crippen LogP contribution in [0.5, 0.6) is 11.5 Å². The second kappa shape index (κ2) is 14.3. The quantitative estimate of drug-likeness (QED) is 0.170. The molecule has 1 saturated heterocycles. The lowest BCUT2D eigenvalue weighted by atomic mass is 9.89. The minimum Gasteiger partial charge on any atom is -0.486 e. The van der Waals surface area contributed by atoms with Crippen molar-refractivity contribution in [2.24, 2.45) is 5.92 Å². The zero-order valence-electron chi connectivity index (χ0n) is 24.8. The molecule has 224 valence electrons. The second-order valence-corrected chi connectivity index (χ2v) is 13.6. The Morgan fingerprint density at radius 1 is 0.744 bits per heavy atom. The molecule has 0 unspecified atom stereocenters. The van der Waals surface area contributed by atoms with Crippen LogP contribution in [-0.4, -0.2) is 30.7 Å². The Kier molecular flexibility index (Phi) is 10.1. The number of benzene rings is 4. The van der Waals surface area contributed by atoms with Gasteiger partial charge in [0.25, 0.3) is 0 Å². The molecular formula is C37H39BrO4S. The number of rotatable bonds is 10. The van der Waals surface area contributed by atoms with Crippen LogP contribution in [0.25, 0.3) is 0 Å². The first-order valence-corrected chi connectivity index (χ1v) is 17.0. The van der Waals surface area contributed by atoms with Crippen molar-refractivity contribution in [3.63, 3.8) is 0 Å². The molecule has 0 radical (unpaired) electrons. The highest BCUT2D eigenvalue weighted by Crippen LogP contribution is 2.49. The molecule has 6 rings (SSSR count). The summed E-state index contributed by atoms with van der Waals surface area (Å²) in [7, 11) is 0. The summed E-state index contributed by atoms with van der Waals surface area (Å²) < 4.78 is 26.4. The van der Waals surface area contributed by atoms with Crippen molar-refractivity contribution < 1.29 is 18.9 Å². The van der Waals surface area contributed by atoms with Crippen LogP contribution in [-0.2, 0) is 29.1 Å². The van der Waals surface area contributed by atoms with Gasteiger partial charge in [-0.15, -0.1) is 11.8 Å². The van der Waals surface area contributed by atoms with Crippen molar-refractivity contribution in [3.8, 4) is 11.5 Å². The van der Waals surface area contributed by atoms with E-state index in [-0.39, 0.29) is 17.5 Å².